The van der Waals surface area contributed by atoms with Crippen molar-refractivity contribution < 1.29 is 9.90 Å². The van der Waals surface area contributed by atoms with E-state index in [1.807, 2.05) is 13.0 Å². The number of carboxylic acids is 1. The highest BCUT2D eigenvalue weighted by Gasteiger charge is 2.11. The summed E-state index contributed by atoms with van der Waals surface area (Å²) in [5.74, 6) is 1.73. The van der Waals surface area contributed by atoms with Crippen molar-refractivity contribution in [3.05, 3.63) is 21.9 Å². The van der Waals surface area contributed by atoms with E-state index in [0.717, 1.165) is 12.0 Å². The molecule has 1 rings (SSSR count). The molecular formula is C11H13NO2S. The molecule has 15 heavy (non-hydrogen) atoms. The third-order valence-electron chi connectivity index (χ3n) is 2.09. The molecule has 0 saturated carbocycles. The Balaban J connectivity index is 2.62. The molecule has 0 aliphatic heterocycles. The molecule has 0 bridgehead atoms. The molecule has 0 spiro atoms. The molecule has 1 aromatic rings. The van der Waals surface area contributed by atoms with Crippen molar-refractivity contribution in [2.24, 2.45) is 0 Å². The number of carbonyl (C=O) groups is 1. The van der Waals surface area contributed by atoms with Crippen LogP contribution in [-0.2, 0) is 6.54 Å². The average molecular weight is 223 g/mol. The lowest BCUT2D eigenvalue weighted by atomic mass is 10.2. The second-order valence-electron chi connectivity index (χ2n) is 3.09. The average Bonchev–Trinajstić information content (AvgIpc) is 2.67. The van der Waals surface area contributed by atoms with E-state index in [2.05, 4.69) is 11.2 Å². The van der Waals surface area contributed by atoms with Gasteiger partial charge in [0.1, 0.15) is 4.88 Å². The first-order chi connectivity index (χ1) is 7.19. The topological polar surface area (TPSA) is 49.3 Å². The maximum absolute atomic E-state index is 10.8. The molecule has 0 saturated heterocycles. The molecule has 3 nitrogen and oxygen atoms in total. The molecule has 1 heterocycles. The zero-order valence-electron chi connectivity index (χ0n) is 8.49. The highest BCUT2D eigenvalue weighted by Crippen LogP contribution is 2.16. The van der Waals surface area contributed by atoms with E-state index in [-0.39, 0.29) is 6.04 Å². The molecule has 0 aromatic carbocycles. The van der Waals surface area contributed by atoms with Crippen LogP contribution in [0.15, 0.2) is 11.4 Å². The lowest BCUT2D eigenvalue weighted by Gasteiger charge is -2.09. The maximum Gasteiger partial charge on any atom is 0.346 e. The van der Waals surface area contributed by atoms with Crippen LogP contribution in [0.4, 0.5) is 0 Å². The van der Waals surface area contributed by atoms with Gasteiger partial charge in [-0.3, -0.25) is 5.32 Å². The molecular weight excluding hydrogens is 210 g/mol. The van der Waals surface area contributed by atoms with Crippen molar-refractivity contribution in [1.82, 2.24) is 5.32 Å². The molecule has 0 amide bonds. The molecule has 0 radical (unpaired) electrons. The van der Waals surface area contributed by atoms with E-state index in [4.69, 9.17) is 11.5 Å². The summed E-state index contributed by atoms with van der Waals surface area (Å²) in [6.07, 6.45) is 6.13. The Labute approximate surface area is 93.1 Å². The summed E-state index contributed by atoms with van der Waals surface area (Å²) in [5.41, 5.74) is 0.793. The first-order valence-electron chi connectivity index (χ1n) is 4.68. The minimum Gasteiger partial charge on any atom is -0.477 e. The van der Waals surface area contributed by atoms with Gasteiger partial charge in [0, 0.05) is 6.54 Å². The molecule has 0 fully saturated rings. The number of carboxylic acid groups (broad SMARTS) is 1. The van der Waals surface area contributed by atoms with Gasteiger partial charge < -0.3 is 5.11 Å². The van der Waals surface area contributed by atoms with Crippen LogP contribution in [0.5, 0.6) is 0 Å². The van der Waals surface area contributed by atoms with Crippen LogP contribution in [0, 0.1) is 12.3 Å². The lowest BCUT2D eigenvalue weighted by molar-refractivity contribution is 0.0701. The Morgan fingerprint density at radius 1 is 1.80 bits per heavy atom. The van der Waals surface area contributed by atoms with E-state index in [1.54, 1.807) is 5.38 Å². The number of hydrogen-bond acceptors (Lipinski definition) is 3. The third-order valence-corrected chi connectivity index (χ3v) is 3.03. The summed E-state index contributed by atoms with van der Waals surface area (Å²) in [4.78, 5) is 11.2. The van der Waals surface area contributed by atoms with Crippen LogP contribution in [-0.4, -0.2) is 17.1 Å². The van der Waals surface area contributed by atoms with Gasteiger partial charge in [0.2, 0.25) is 0 Å². The van der Waals surface area contributed by atoms with Crippen LogP contribution in [0.1, 0.15) is 28.6 Å². The van der Waals surface area contributed by atoms with Crippen LogP contribution in [0.25, 0.3) is 0 Å². The number of hydrogen-bond donors (Lipinski definition) is 2. The fourth-order valence-corrected chi connectivity index (χ4v) is 1.98. The number of aromatic carboxylic acids is 1. The summed E-state index contributed by atoms with van der Waals surface area (Å²) in [7, 11) is 0. The van der Waals surface area contributed by atoms with Crippen molar-refractivity contribution in [3.8, 4) is 12.3 Å². The molecule has 1 atom stereocenters. The molecule has 1 unspecified atom stereocenters. The Hall–Kier alpha value is -1.31. The van der Waals surface area contributed by atoms with Gasteiger partial charge in [-0.25, -0.2) is 4.79 Å². The van der Waals surface area contributed by atoms with Gasteiger partial charge in [0.15, 0.2) is 0 Å². The lowest BCUT2D eigenvalue weighted by Crippen LogP contribution is -2.26. The predicted molar refractivity (Wildman–Crippen MR) is 61.0 cm³/mol. The smallest absolute Gasteiger partial charge is 0.346 e. The Kier molecular flexibility index (Phi) is 4.35. The van der Waals surface area contributed by atoms with Crippen LogP contribution in [0.2, 0.25) is 0 Å². The third kappa shape index (κ3) is 3.08. The molecule has 0 aliphatic carbocycles. The standard InChI is InChI=1S/C11H13NO2S/c1-3-9(4-2)12-7-8-5-6-15-10(8)11(13)14/h1,5-6,9,12H,4,7H2,2H3,(H,13,14). The van der Waals surface area contributed by atoms with E-state index in [9.17, 15) is 4.79 Å². The highest BCUT2D eigenvalue weighted by atomic mass is 32.1. The van der Waals surface area contributed by atoms with Gasteiger partial charge in [0.25, 0.3) is 0 Å². The fraction of sp³-hybridized carbons (Fsp3) is 0.364. The monoisotopic (exact) mass is 223 g/mol. The van der Waals surface area contributed by atoms with Gasteiger partial charge in [-0.1, -0.05) is 12.8 Å². The first-order valence-corrected chi connectivity index (χ1v) is 5.56. The Bertz CT molecular complexity index is 378. The molecule has 1 aromatic heterocycles. The predicted octanol–water partition coefficient (Wildman–Crippen LogP) is 1.95. The Morgan fingerprint density at radius 3 is 3.07 bits per heavy atom. The molecule has 2 N–H and O–H groups in total. The summed E-state index contributed by atoms with van der Waals surface area (Å²) in [6.45, 7) is 2.50. The molecule has 4 heteroatoms. The zero-order chi connectivity index (χ0) is 11.3. The fourth-order valence-electron chi connectivity index (χ4n) is 1.22. The molecule has 0 aliphatic rings. The number of nitrogens with one attached hydrogen (secondary N) is 1. The van der Waals surface area contributed by atoms with Gasteiger partial charge in [-0.2, -0.15) is 0 Å². The summed E-state index contributed by atoms with van der Waals surface area (Å²) in [5, 5.41) is 13.8. The summed E-state index contributed by atoms with van der Waals surface area (Å²) < 4.78 is 0. The molecule has 80 valence electrons. The van der Waals surface area contributed by atoms with Crippen LogP contribution < -0.4 is 5.32 Å². The number of thiophene rings is 1. The van der Waals surface area contributed by atoms with Gasteiger partial charge >= 0.3 is 5.97 Å². The zero-order valence-corrected chi connectivity index (χ0v) is 9.30. The SMILES string of the molecule is C#CC(CC)NCc1ccsc1C(=O)O. The van der Waals surface area contributed by atoms with Crippen LogP contribution in [0.3, 0.4) is 0 Å². The van der Waals surface area contributed by atoms with Crippen molar-refractivity contribution in [2.45, 2.75) is 25.9 Å². The van der Waals surface area contributed by atoms with Crippen molar-refractivity contribution >= 4 is 17.3 Å². The number of terminal acetylenes is 1. The second-order valence-corrected chi connectivity index (χ2v) is 4.00. The quantitative estimate of drug-likeness (QED) is 0.750. The van der Waals surface area contributed by atoms with Gasteiger partial charge in [-0.05, 0) is 23.4 Å². The minimum atomic E-state index is -0.879. The summed E-state index contributed by atoms with van der Waals surface area (Å²) in [6, 6.07) is 1.82. The first kappa shape index (κ1) is 11.8. The van der Waals surface area contributed by atoms with E-state index >= 15 is 0 Å². The van der Waals surface area contributed by atoms with E-state index in [1.165, 1.54) is 11.3 Å². The summed E-state index contributed by atoms with van der Waals surface area (Å²) >= 11 is 1.23. The van der Waals surface area contributed by atoms with Crippen molar-refractivity contribution in [3.63, 3.8) is 0 Å². The minimum absolute atomic E-state index is 0.00606. The maximum atomic E-state index is 10.8. The van der Waals surface area contributed by atoms with Crippen molar-refractivity contribution in [2.75, 3.05) is 0 Å². The van der Waals surface area contributed by atoms with E-state index < -0.39 is 5.97 Å². The van der Waals surface area contributed by atoms with E-state index in [0.29, 0.717) is 11.4 Å². The highest BCUT2D eigenvalue weighted by molar-refractivity contribution is 7.12. The van der Waals surface area contributed by atoms with Gasteiger partial charge in [0.05, 0.1) is 6.04 Å². The van der Waals surface area contributed by atoms with Crippen molar-refractivity contribution in [1.29, 1.82) is 0 Å². The largest absolute Gasteiger partial charge is 0.477 e. The van der Waals surface area contributed by atoms with Gasteiger partial charge in [-0.15, -0.1) is 17.8 Å². The number of rotatable bonds is 5. The Morgan fingerprint density at radius 2 is 2.53 bits per heavy atom. The second kappa shape index (κ2) is 5.54. The normalized spacial score (nSPS) is 12.0. The van der Waals surface area contributed by atoms with Crippen LogP contribution >= 0.6 is 11.3 Å².